The third-order valence-corrected chi connectivity index (χ3v) is 2.29. The van der Waals surface area contributed by atoms with Crippen LogP contribution in [-0.2, 0) is 20.7 Å². The molecule has 0 aromatic heterocycles. The Kier molecular flexibility index (Phi) is 4.69. The molecule has 1 aromatic carbocycles. The van der Waals surface area contributed by atoms with Crippen molar-refractivity contribution in [2.45, 2.75) is 19.4 Å². The van der Waals surface area contributed by atoms with E-state index in [1.807, 2.05) is 30.3 Å². The van der Waals surface area contributed by atoms with Crippen molar-refractivity contribution in [1.82, 2.24) is 4.90 Å². The molecule has 1 atom stereocenters. The summed E-state index contributed by atoms with van der Waals surface area (Å²) in [5.74, 6) is -0.606. The Hall–Kier alpha value is -1.84. The van der Waals surface area contributed by atoms with Gasteiger partial charge in [-0.1, -0.05) is 30.3 Å². The van der Waals surface area contributed by atoms with E-state index in [0.29, 0.717) is 0 Å². The maximum Gasteiger partial charge on any atom is 0.311 e. The van der Waals surface area contributed by atoms with Crippen LogP contribution in [0.25, 0.3) is 0 Å². The topological polar surface area (TPSA) is 46.6 Å². The average Bonchev–Trinajstić information content (AvgIpc) is 2.28. The number of ether oxygens (including phenoxy) is 1. The number of hydrogen-bond donors (Lipinski definition) is 0. The quantitative estimate of drug-likeness (QED) is 0.738. The zero-order chi connectivity index (χ0) is 12.8. The summed E-state index contributed by atoms with van der Waals surface area (Å²) in [6, 6.07) is 9.29. The van der Waals surface area contributed by atoms with Crippen LogP contribution >= 0.6 is 0 Å². The lowest BCUT2D eigenvalue weighted by molar-refractivity contribution is -0.157. The largest absolute Gasteiger partial charge is 0.452 e. The molecule has 0 heterocycles. The minimum Gasteiger partial charge on any atom is -0.452 e. The van der Waals surface area contributed by atoms with Gasteiger partial charge in [-0.15, -0.1) is 0 Å². The van der Waals surface area contributed by atoms with Crippen molar-refractivity contribution in [2.75, 3.05) is 14.1 Å². The van der Waals surface area contributed by atoms with Gasteiger partial charge in [0.15, 0.2) is 6.10 Å². The molecule has 17 heavy (non-hydrogen) atoms. The Morgan fingerprint density at radius 2 is 1.82 bits per heavy atom. The fourth-order valence-electron chi connectivity index (χ4n) is 1.42. The van der Waals surface area contributed by atoms with Gasteiger partial charge in [0, 0.05) is 14.1 Å². The van der Waals surface area contributed by atoms with Gasteiger partial charge in [-0.3, -0.25) is 9.59 Å². The molecular formula is C13H17NO3. The normalized spacial score (nSPS) is 11.7. The summed E-state index contributed by atoms with van der Waals surface area (Å²) in [6.45, 7) is 1.57. The van der Waals surface area contributed by atoms with Crippen molar-refractivity contribution in [2.24, 2.45) is 0 Å². The highest BCUT2D eigenvalue weighted by atomic mass is 16.5. The summed E-state index contributed by atoms with van der Waals surface area (Å²) in [4.78, 5) is 24.4. The third kappa shape index (κ3) is 4.26. The van der Waals surface area contributed by atoms with Gasteiger partial charge in [0.1, 0.15) is 0 Å². The number of rotatable bonds is 4. The molecule has 1 rings (SSSR count). The van der Waals surface area contributed by atoms with Crippen molar-refractivity contribution >= 4 is 11.9 Å². The fourth-order valence-corrected chi connectivity index (χ4v) is 1.42. The van der Waals surface area contributed by atoms with E-state index in [1.54, 1.807) is 21.0 Å². The van der Waals surface area contributed by atoms with Gasteiger partial charge in [-0.25, -0.2) is 0 Å². The summed E-state index contributed by atoms with van der Waals surface area (Å²) < 4.78 is 5.05. The minimum absolute atomic E-state index is 0.186. The molecule has 0 saturated heterocycles. The number of amides is 1. The molecule has 4 nitrogen and oxygen atoms in total. The monoisotopic (exact) mass is 235 g/mol. The van der Waals surface area contributed by atoms with Crippen molar-refractivity contribution in [3.8, 4) is 0 Å². The van der Waals surface area contributed by atoms with Crippen LogP contribution in [0.1, 0.15) is 12.5 Å². The fraction of sp³-hybridized carbons (Fsp3) is 0.385. The van der Waals surface area contributed by atoms with E-state index in [9.17, 15) is 9.59 Å². The van der Waals surface area contributed by atoms with E-state index >= 15 is 0 Å². The summed E-state index contributed by atoms with van der Waals surface area (Å²) >= 11 is 0. The second kappa shape index (κ2) is 6.03. The van der Waals surface area contributed by atoms with Crippen LogP contribution in [0.2, 0.25) is 0 Å². The van der Waals surface area contributed by atoms with Crippen LogP contribution in [-0.4, -0.2) is 37.0 Å². The molecule has 1 aromatic rings. The zero-order valence-electron chi connectivity index (χ0n) is 10.3. The first-order valence-corrected chi connectivity index (χ1v) is 5.45. The second-order valence-electron chi connectivity index (χ2n) is 4.03. The SMILES string of the molecule is CC(OC(=O)Cc1ccccc1)C(=O)N(C)C. The zero-order valence-corrected chi connectivity index (χ0v) is 10.3. The number of nitrogens with zero attached hydrogens (tertiary/aromatic N) is 1. The second-order valence-corrected chi connectivity index (χ2v) is 4.03. The molecule has 0 saturated carbocycles. The summed E-state index contributed by atoms with van der Waals surface area (Å²) in [6.07, 6.45) is -0.549. The highest BCUT2D eigenvalue weighted by molar-refractivity contribution is 5.83. The Morgan fingerprint density at radius 3 is 2.35 bits per heavy atom. The maximum absolute atomic E-state index is 11.6. The molecule has 92 valence electrons. The van der Waals surface area contributed by atoms with E-state index in [4.69, 9.17) is 4.74 Å². The standard InChI is InChI=1S/C13H17NO3/c1-10(13(16)14(2)3)17-12(15)9-11-7-5-4-6-8-11/h4-8,10H,9H2,1-3H3. The van der Waals surface area contributed by atoms with Gasteiger partial charge in [0.2, 0.25) is 0 Å². The molecule has 1 unspecified atom stereocenters. The van der Waals surface area contributed by atoms with Gasteiger partial charge < -0.3 is 9.64 Å². The van der Waals surface area contributed by atoms with E-state index in [1.165, 1.54) is 4.90 Å². The first-order chi connectivity index (χ1) is 8.00. The molecule has 0 bridgehead atoms. The number of esters is 1. The molecule has 4 heteroatoms. The Morgan fingerprint density at radius 1 is 1.24 bits per heavy atom. The van der Waals surface area contributed by atoms with Crippen LogP contribution in [0.3, 0.4) is 0 Å². The minimum atomic E-state index is -0.735. The summed E-state index contributed by atoms with van der Waals surface area (Å²) in [5.41, 5.74) is 0.877. The molecule has 0 spiro atoms. The third-order valence-electron chi connectivity index (χ3n) is 2.29. The average molecular weight is 235 g/mol. The predicted octanol–water partition coefficient (Wildman–Crippen LogP) is 1.25. The van der Waals surface area contributed by atoms with E-state index < -0.39 is 6.10 Å². The molecule has 0 aliphatic heterocycles. The number of carbonyl (C=O) groups is 2. The Balaban J connectivity index is 2.48. The predicted molar refractivity (Wildman–Crippen MR) is 64.4 cm³/mol. The van der Waals surface area contributed by atoms with Crippen LogP contribution < -0.4 is 0 Å². The molecule has 0 radical (unpaired) electrons. The van der Waals surface area contributed by atoms with Crippen molar-refractivity contribution in [3.63, 3.8) is 0 Å². The van der Waals surface area contributed by atoms with Crippen molar-refractivity contribution < 1.29 is 14.3 Å². The molecule has 0 N–H and O–H groups in total. The lowest BCUT2D eigenvalue weighted by Gasteiger charge is -2.17. The number of benzene rings is 1. The summed E-state index contributed by atoms with van der Waals surface area (Å²) in [5, 5.41) is 0. The highest BCUT2D eigenvalue weighted by Gasteiger charge is 2.19. The van der Waals surface area contributed by atoms with Gasteiger partial charge >= 0.3 is 5.97 Å². The maximum atomic E-state index is 11.6. The van der Waals surface area contributed by atoms with Gasteiger partial charge in [-0.05, 0) is 12.5 Å². The molecule has 0 fully saturated rings. The lowest BCUT2D eigenvalue weighted by Crippen LogP contribution is -2.35. The van der Waals surface area contributed by atoms with Crippen LogP contribution in [0.5, 0.6) is 0 Å². The molecule has 1 amide bonds. The molecule has 0 aliphatic rings. The van der Waals surface area contributed by atoms with Crippen LogP contribution in [0, 0.1) is 0 Å². The van der Waals surface area contributed by atoms with E-state index in [2.05, 4.69) is 0 Å². The Labute approximate surface area is 101 Å². The van der Waals surface area contributed by atoms with Crippen LogP contribution in [0.4, 0.5) is 0 Å². The summed E-state index contributed by atoms with van der Waals surface area (Å²) in [7, 11) is 3.26. The molecule has 0 aliphatic carbocycles. The highest BCUT2D eigenvalue weighted by Crippen LogP contribution is 2.03. The van der Waals surface area contributed by atoms with E-state index in [-0.39, 0.29) is 18.3 Å². The first kappa shape index (κ1) is 13.2. The number of likely N-dealkylation sites (N-methyl/N-ethyl adjacent to an activating group) is 1. The number of hydrogen-bond acceptors (Lipinski definition) is 3. The van der Waals surface area contributed by atoms with E-state index in [0.717, 1.165) is 5.56 Å². The van der Waals surface area contributed by atoms with Crippen molar-refractivity contribution in [1.29, 1.82) is 0 Å². The lowest BCUT2D eigenvalue weighted by atomic mass is 10.1. The van der Waals surface area contributed by atoms with Crippen LogP contribution in [0.15, 0.2) is 30.3 Å². The van der Waals surface area contributed by atoms with Gasteiger partial charge in [-0.2, -0.15) is 0 Å². The first-order valence-electron chi connectivity index (χ1n) is 5.45. The molecular weight excluding hydrogens is 218 g/mol. The number of carbonyl (C=O) groups excluding carboxylic acids is 2. The van der Waals surface area contributed by atoms with Gasteiger partial charge in [0.05, 0.1) is 6.42 Å². The van der Waals surface area contributed by atoms with Crippen molar-refractivity contribution in [3.05, 3.63) is 35.9 Å². The Bertz CT molecular complexity index is 387. The van der Waals surface area contributed by atoms with Gasteiger partial charge in [0.25, 0.3) is 5.91 Å². The smallest absolute Gasteiger partial charge is 0.311 e.